The van der Waals surface area contributed by atoms with Crippen molar-refractivity contribution in [1.82, 2.24) is 0 Å². The zero-order valence-corrected chi connectivity index (χ0v) is 22.9. The molecule has 0 N–H and O–H groups in total. The first-order valence-electron chi connectivity index (χ1n) is 13.0. The molecule has 0 unspecified atom stereocenters. The number of benzene rings is 4. The smallest absolute Gasteiger partial charge is 0.432 e. The van der Waals surface area contributed by atoms with Crippen molar-refractivity contribution >= 4 is 0 Å². The summed E-state index contributed by atoms with van der Waals surface area (Å²) in [5, 5.41) is 0. The van der Waals surface area contributed by atoms with E-state index in [1.807, 2.05) is 6.92 Å². The monoisotopic (exact) mass is 644 g/mol. The molecule has 4 aromatic rings. The number of unbranched alkanes of at least 4 members (excludes halogenated alkanes) is 1. The summed E-state index contributed by atoms with van der Waals surface area (Å²) in [5.74, 6) is -6.44. The normalized spacial score (nSPS) is 11.6. The van der Waals surface area contributed by atoms with E-state index in [-0.39, 0.29) is 23.3 Å². The number of hydrogen-bond donors (Lipinski definition) is 0. The standard InChI is InChI=1S/C32H19F11O2/c1-2-3-10-44-20-8-7-18(23(33)14-20)6-4-17-5-9-22(24(34)11-17)19-12-25(35)30(26(36)13-19)32(42,43)45-21-15-27(37)29(28(38)16-21)31(39,40)41/h5,7-9,11-16H,2-3,10H2,1H3. The fourth-order valence-electron chi connectivity index (χ4n) is 4.07. The van der Waals surface area contributed by atoms with Crippen LogP contribution < -0.4 is 9.47 Å². The SMILES string of the molecule is CCCCOc1ccc(C#Cc2ccc(-c3cc(F)c(C(F)(F)Oc4cc(F)c(C(F)(F)F)c(F)c4)c(F)c3)c(F)c2)c(F)c1. The van der Waals surface area contributed by atoms with Crippen LogP contribution in [-0.4, -0.2) is 6.61 Å². The van der Waals surface area contributed by atoms with Crippen LogP contribution in [0.2, 0.25) is 0 Å². The molecule has 0 aliphatic heterocycles. The molecule has 0 saturated carbocycles. The van der Waals surface area contributed by atoms with Crippen LogP contribution in [0.5, 0.6) is 11.5 Å². The number of ether oxygens (including phenoxy) is 2. The first-order chi connectivity index (χ1) is 21.1. The summed E-state index contributed by atoms with van der Waals surface area (Å²) >= 11 is 0. The lowest BCUT2D eigenvalue weighted by Gasteiger charge is -2.21. The van der Waals surface area contributed by atoms with Crippen molar-refractivity contribution in [3.63, 3.8) is 0 Å². The van der Waals surface area contributed by atoms with E-state index in [4.69, 9.17) is 4.74 Å². The van der Waals surface area contributed by atoms with Crippen LogP contribution in [0.3, 0.4) is 0 Å². The molecule has 0 atom stereocenters. The topological polar surface area (TPSA) is 18.5 Å². The largest absolute Gasteiger partial charge is 0.493 e. The lowest BCUT2D eigenvalue weighted by atomic mass is 10.0. The minimum atomic E-state index is -5.50. The molecule has 0 heterocycles. The van der Waals surface area contributed by atoms with Gasteiger partial charge in [-0.15, -0.1) is 0 Å². The van der Waals surface area contributed by atoms with Gasteiger partial charge in [-0.25, -0.2) is 26.3 Å². The Labute approximate surface area is 249 Å². The van der Waals surface area contributed by atoms with Crippen molar-refractivity contribution in [2.75, 3.05) is 6.61 Å². The van der Waals surface area contributed by atoms with Gasteiger partial charge in [-0.05, 0) is 48.4 Å². The minimum Gasteiger partial charge on any atom is -0.493 e. The van der Waals surface area contributed by atoms with E-state index in [1.165, 1.54) is 18.2 Å². The van der Waals surface area contributed by atoms with Gasteiger partial charge in [0.05, 0.1) is 12.2 Å². The van der Waals surface area contributed by atoms with Crippen molar-refractivity contribution < 1.29 is 57.8 Å². The maximum Gasteiger partial charge on any atom is 0.432 e. The van der Waals surface area contributed by atoms with Crippen molar-refractivity contribution in [2.24, 2.45) is 0 Å². The molecule has 0 aliphatic carbocycles. The van der Waals surface area contributed by atoms with Crippen molar-refractivity contribution in [3.8, 4) is 34.5 Å². The molecular weight excluding hydrogens is 625 g/mol. The van der Waals surface area contributed by atoms with E-state index in [0.717, 1.165) is 31.0 Å². The Morgan fingerprint density at radius 2 is 1.22 bits per heavy atom. The molecule has 13 heteroatoms. The van der Waals surface area contributed by atoms with Crippen LogP contribution in [0.15, 0.2) is 60.7 Å². The summed E-state index contributed by atoms with van der Waals surface area (Å²) in [5.41, 5.74) is -5.41. The van der Waals surface area contributed by atoms with Gasteiger partial charge in [-0.3, -0.25) is 0 Å². The van der Waals surface area contributed by atoms with Gasteiger partial charge in [0, 0.05) is 29.3 Å². The van der Waals surface area contributed by atoms with E-state index in [2.05, 4.69) is 16.6 Å². The molecule has 4 aromatic carbocycles. The minimum absolute atomic E-state index is 0.0213. The molecule has 0 bridgehead atoms. The summed E-state index contributed by atoms with van der Waals surface area (Å²) in [7, 11) is 0. The first kappa shape index (κ1) is 33.2. The van der Waals surface area contributed by atoms with E-state index in [9.17, 15) is 48.3 Å². The Hall–Kier alpha value is -4.73. The van der Waals surface area contributed by atoms with Crippen LogP contribution >= 0.6 is 0 Å². The van der Waals surface area contributed by atoms with Crippen molar-refractivity contribution in [3.05, 3.63) is 118 Å². The number of rotatable bonds is 8. The summed E-state index contributed by atoms with van der Waals surface area (Å²) < 4.78 is 163. The van der Waals surface area contributed by atoms with E-state index < -0.39 is 75.2 Å². The first-order valence-corrected chi connectivity index (χ1v) is 13.0. The third-order valence-corrected chi connectivity index (χ3v) is 6.21. The molecule has 0 spiro atoms. The Morgan fingerprint density at radius 1 is 0.622 bits per heavy atom. The van der Waals surface area contributed by atoms with E-state index in [1.54, 1.807) is 0 Å². The zero-order valence-electron chi connectivity index (χ0n) is 22.9. The van der Waals surface area contributed by atoms with E-state index >= 15 is 0 Å². The average Bonchev–Trinajstić information content (AvgIpc) is 2.90. The molecule has 236 valence electrons. The second kappa shape index (κ2) is 13.1. The second-order valence-electron chi connectivity index (χ2n) is 9.48. The molecule has 0 amide bonds. The molecule has 45 heavy (non-hydrogen) atoms. The fourth-order valence-corrected chi connectivity index (χ4v) is 4.07. The summed E-state index contributed by atoms with van der Waals surface area (Å²) in [6, 6.07) is 7.34. The van der Waals surface area contributed by atoms with Gasteiger partial charge in [0.2, 0.25) is 0 Å². The third-order valence-electron chi connectivity index (χ3n) is 6.21. The Balaban J connectivity index is 1.56. The molecule has 0 aliphatic rings. The van der Waals surface area contributed by atoms with Crippen LogP contribution in [0, 0.1) is 46.7 Å². The predicted octanol–water partition coefficient (Wildman–Crippen LogP) is 9.91. The Kier molecular flexibility index (Phi) is 9.65. The quantitative estimate of drug-likeness (QED) is 0.108. The molecule has 0 aromatic heterocycles. The fraction of sp³-hybridized carbons (Fsp3) is 0.188. The molecule has 0 radical (unpaired) electrons. The highest BCUT2D eigenvalue weighted by Crippen LogP contribution is 2.40. The highest BCUT2D eigenvalue weighted by Gasteiger charge is 2.43. The van der Waals surface area contributed by atoms with Crippen LogP contribution in [0.25, 0.3) is 11.1 Å². The second-order valence-corrected chi connectivity index (χ2v) is 9.48. The summed E-state index contributed by atoms with van der Waals surface area (Å²) in [6.07, 6.45) is -8.80. The number of hydrogen-bond acceptors (Lipinski definition) is 2. The summed E-state index contributed by atoms with van der Waals surface area (Å²) in [6.45, 7) is 2.38. The zero-order chi connectivity index (χ0) is 33.1. The Morgan fingerprint density at radius 3 is 1.78 bits per heavy atom. The molecule has 4 rings (SSSR count). The number of halogens is 11. The average molecular weight is 644 g/mol. The third kappa shape index (κ3) is 7.68. The van der Waals surface area contributed by atoms with Crippen molar-refractivity contribution in [2.45, 2.75) is 32.1 Å². The van der Waals surface area contributed by atoms with Gasteiger partial charge in [-0.1, -0.05) is 31.3 Å². The van der Waals surface area contributed by atoms with E-state index in [0.29, 0.717) is 24.5 Å². The predicted molar refractivity (Wildman–Crippen MR) is 140 cm³/mol. The van der Waals surface area contributed by atoms with Crippen LogP contribution in [0.1, 0.15) is 42.0 Å². The van der Waals surface area contributed by atoms with Crippen molar-refractivity contribution in [1.29, 1.82) is 0 Å². The Bertz CT molecular complexity index is 1740. The molecular formula is C32H19F11O2. The van der Waals surface area contributed by atoms with Gasteiger partial charge >= 0.3 is 12.3 Å². The van der Waals surface area contributed by atoms with Gasteiger partial charge in [-0.2, -0.15) is 22.0 Å². The van der Waals surface area contributed by atoms with Crippen LogP contribution in [0.4, 0.5) is 48.3 Å². The molecule has 2 nitrogen and oxygen atoms in total. The summed E-state index contributed by atoms with van der Waals surface area (Å²) in [4.78, 5) is 0. The number of alkyl halides is 5. The lowest BCUT2D eigenvalue weighted by Crippen LogP contribution is -2.25. The molecule has 0 saturated heterocycles. The maximum atomic E-state index is 14.9. The lowest BCUT2D eigenvalue weighted by molar-refractivity contribution is -0.189. The van der Waals surface area contributed by atoms with Gasteiger partial charge < -0.3 is 9.47 Å². The van der Waals surface area contributed by atoms with Crippen LogP contribution in [-0.2, 0) is 12.3 Å². The maximum absolute atomic E-state index is 14.9. The molecule has 0 fully saturated rings. The highest BCUT2D eigenvalue weighted by molar-refractivity contribution is 5.66. The van der Waals surface area contributed by atoms with Gasteiger partial charge in [0.25, 0.3) is 0 Å². The van der Waals surface area contributed by atoms with Gasteiger partial charge in [0.1, 0.15) is 57.5 Å². The van der Waals surface area contributed by atoms with Gasteiger partial charge in [0.15, 0.2) is 0 Å². The highest BCUT2D eigenvalue weighted by atomic mass is 19.4.